The average Bonchev–Trinajstić information content (AvgIpc) is 2.64. The Kier molecular flexibility index (Phi) is 2.74. The highest BCUT2D eigenvalue weighted by Crippen LogP contribution is 2.18. The molecule has 0 aromatic carbocycles. The van der Waals surface area contributed by atoms with E-state index in [9.17, 15) is 4.79 Å². The van der Waals surface area contributed by atoms with Crippen LogP contribution in [0.2, 0.25) is 0 Å². The van der Waals surface area contributed by atoms with E-state index in [1.54, 1.807) is 30.1 Å². The van der Waals surface area contributed by atoms with Crippen LogP contribution in [0.1, 0.15) is 16.2 Å². The Morgan fingerprint density at radius 1 is 1.50 bits per heavy atom. The van der Waals surface area contributed by atoms with Crippen LogP contribution >= 0.6 is 15.9 Å². The van der Waals surface area contributed by atoms with Crippen LogP contribution in [-0.4, -0.2) is 25.6 Å². The second-order valence-corrected chi connectivity index (χ2v) is 4.09. The van der Waals surface area contributed by atoms with Crippen LogP contribution in [0.15, 0.2) is 29.1 Å². The zero-order chi connectivity index (χ0) is 11.7. The lowest BCUT2D eigenvalue weighted by Crippen LogP contribution is -2.08. The topological polar surface area (TPSA) is 68.0 Å². The molecule has 2 rings (SSSR count). The van der Waals surface area contributed by atoms with Gasteiger partial charge in [-0.3, -0.25) is 4.57 Å². The largest absolute Gasteiger partial charge is 0.478 e. The number of imidazole rings is 1. The summed E-state index contributed by atoms with van der Waals surface area (Å²) >= 11 is 3.20. The summed E-state index contributed by atoms with van der Waals surface area (Å²) in [5, 5.41) is 9.09. The highest BCUT2D eigenvalue weighted by atomic mass is 79.9. The van der Waals surface area contributed by atoms with E-state index in [2.05, 4.69) is 25.9 Å². The number of aryl methyl sites for hydroxylation is 1. The van der Waals surface area contributed by atoms with Crippen LogP contribution in [0.5, 0.6) is 0 Å². The second kappa shape index (κ2) is 4.05. The number of hydrogen-bond acceptors (Lipinski definition) is 3. The zero-order valence-electron chi connectivity index (χ0n) is 8.38. The van der Waals surface area contributed by atoms with Gasteiger partial charge in [0.05, 0.1) is 0 Å². The number of nitrogens with zero attached hydrogens (tertiary/aromatic N) is 3. The Morgan fingerprint density at radius 3 is 2.81 bits per heavy atom. The molecule has 0 amide bonds. The third kappa shape index (κ3) is 1.83. The molecule has 0 bridgehead atoms. The van der Waals surface area contributed by atoms with E-state index in [1.807, 2.05) is 0 Å². The number of pyridine rings is 1. The molecule has 2 heterocycles. The number of hydrogen-bond donors (Lipinski definition) is 1. The van der Waals surface area contributed by atoms with Crippen molar-refractivity contribution in [1.82, 2.24) is 14.5 Å². The molecular weight excluding hydrogens is 274 g/mol. The molecule has 0 saturated heterocycles. The van der Waals surface area contributed by atoms with Crippen molar-refractivity contribution < 1.29 is 9.90 Å². The first-order chi connectivity index (χ1) is 7.59. The molecule has 0 aliphatic carbocycles. The number of carbonyl (C=O) groups is 1. The normalized spacial score (nSPS) is 10.4. The van der Waals surface area contributed by atoms with Gasteiger partial charge >= 0.3 is 5.97 Å². The molecule has 0 aliphatic heterocycles. The highest BCUT2D eigenvalue weighted by molar-refractivity contribution is 9.10. The fourth-order valence-electron chi connectivity index (χ4n) is 1.38. The number of aromatic carboxylic acids is 1. The highest BCUT2D eigenvalue weighted by Gasteiger charge is 2.14. The predicted octanol–water partition coefficient (Wildman–Crippen LogP) is 2.04. The Labute approximate surface area is 99.9 Å². The van der Waals surface area contributed by atoms with Crippen molar-refractivity contribution >= 4 is 21.9 Å². The minimum absolute atomic E-state index is 0.135. The maximum atomic E-state index is 11.1. The lowest BCUT2D eigenvalue weighted by molar-refractivity contribution is 0.0696. The van der Waals surface area contributed by atoms with Gasteiger partial charge in [-0.1, -0.05) is 0 Å². The van der Waals surface area contributed by atoms with Gasteiger partial charge in [0.15, 0.2) is 5.82 Å². The van der Waals surface area contributed by atoms with E-state index in [-0.39, 0.29) is 5.56 Å². The predicted molar refractivity (Wildman–Crippen MR) is 60.8 cm³/mol. The molecular formula is C10H8BrN3O2. The molecule has 0 spiro atoms. The molecule has 0 saturated carbocycles. The van der Waals surface area contributed by atoms with Crippen molar-refractivity contribution in [3.63, 3.8) is 0 Å². The summed E-state index contributed by atoms with van der Waals surface area (Å²) in [6.45, 7) is 1.79. The number of carboxylic acids is 1. The SMILES string of the molecule is Cc1nccn1-c1ncc(Br)cc1C(=O)O. The molecule has 0 aliphatic rings. The first-order valence-corrected chi connectivity index (χ1v) is 5.28. The van der Waals surface area contributed by atoms with E-state index in [1.165, 1.54) is 6.07 Å². The minimum atomic E-state index is -1.02. The van der Waals surface area contributed by atoms with Gasteiger partial charge < -0.3 is 5.11 Å². The summed E-state index contributed by atoms with van der Waals surface area (Å²) in [5.41, 5.74) is 0.135. The van der Waals surface area contributed by atoms with Crippen LogP contribution in [0.4, 0.5) is 0 Å². The zero-order valence-corrected chi connectivity index (χ0v) is 9.97. The second-order valence-electron chi connectivity index (χ2n) is 3.17. The summed E-state index contributed by atoms with van der Waals surface area (Å²) in [7, 11) is 0. The molecule has 16 heavy (non-hydrogen) atoms. The Hall–Kier alpha value is -1.69. The summed E-state index contributed by atoms with van der Waals surface area (Å²) < 4.78 is 2.27. The van der Waals surface area contributed by atoms with Crippen molar-refractivity contribution in [2.24, 2.45) is 0 Å². The van der Waals surface area contributed by atoms with E-state index in [0.717, 1.165) is 0 Å². The van der Waals surface area contributed by atoms with Crippen LogP contribution in [0.3, 0.4) is 0 Å². The standard InChI is InChI=1S/C10H8BrN3O2/c1-6-12-2-3-14(6)9-8(10(15)16)4-7(11)5-13-9/h2-5H,1H3,(H,15,16). The molecule has 2 aromatic heterocycles. The third-order valence-corrected chi connectivity index (χ3v) is 2.55. The van der Waals surface area contributed by atoms with Crippen molar-refractivity contribution in [3.8, 4) is 5.82 Å². The maximum absolute atomic E-state index is 11.1. The third-order valence-electron chi connectivity index (χ3n) is 2.12. The summed E-state index contributed by atoms with van der Waals surface area (Å²) in [5.74, 6) is 0.0416. The summed E-state index contributed by atoms with van der Waals surface area (Å²) in [6, 6.07) is 1.52. The molecule has 1 N–H and O–H groups in total. The monoisotopic (exact) mass is 281 g/mol. The molecule has 5 nitrogen and oxygen atoms in total. The Bertz CT molecular complexity index is 551. The van der Waals surface area contributed by atoms with Crippen LogP contribution in [0, 0.1) is 6.92 Å². The van der Waals surface area contributed by atoms with Crippen molar-refractivity contribution in [1.29, 1.82) is 0 Å². The van der Waals surface area contributed by atoms with Gasteiger partial charge in [0.1, 0.15) is 11.4 Å². The molecule has 82 valence electrons. The molecule has 0 radical (unpaired) electrons. The quantitative estimate of drug-likeness (QED) is 0.915. The Balaban J connectivity index is 2.65. The number of rotatable bonds is 2. The molecule has 2 aromatic rings. The van der Waals surface area contributed by atoms with Gasteiger partial charge in [0.2, 0.25) is 0 Å². The first kappa shape index (κ1) is 10.8. The minimum Gasteiger partial charge on any atom is -0.478 e. The van der Waals surface area contributed by atoms with E-state index in [0.29, 0.717) is 16.1 Å². The van der Waals surface area contributed by atoms with Crippen molar-refractivity contribution in [2.45, 2.75) is 6.92 Å². The first-order valence-electron chi connectivity index (χ1n) is 4.49. The summed E-state index contributed by atoms with van der Waals surface area (Å²) in [6.07, 6.45) is 4.84. The number of aromatic nitrogens is 3. The van der Waals surface area contributed by atoms with E-state index < -0.39 is 5.97 Å². The fourth-order valence-corrected chi connectivity index (χ4v) is 1.71. The number of carboxylic acid groups (broad SMARTS) is 1. The maximum Gasteiger partial charge on any atom is 0.339 e. The fraction of sp³-hybridized carbons (Fsp3) is 0.100. The average molecular weight is 282 g/mol. The van der Waals surface area contributed by atoms with Gasteiger partial charge in [-0.05, 0) is 28.9 Å². The molecule has 0 fully saturated rings. The lowest BCUT2D eigenvalue weighted by atomic mass is 10.2. The molecule has 6 heteroatoms. The van der Waals surface area contributed by atoms with Crippen molar-refractivity contribution in [2.75, 3.05) is 0 Å². The van der Waals surface area contributed by atoms with Crippen LogP contribution in [0.25, 0.3) is 5.82 Å². The van der Waals surface area contributed by atoms with Gasteiger partial charge in [0, 0.05) is 23.1 Å². The van der Waals surface area contributed by atoms with Gasteiger partial charge in [-0.2, -0.15) is 0 Å². The molecule has 0 unspecified atom stereocenters. The van der Waals surface area contributed by atoms with Gasteiger partial charge in [-0.25, -0.2) is 14.8 Å². The van der Waals surface area contributed by atoms with Crippen molar-refractivity contribution in [3.05, 3.63) is 40.5 Å². The van der Waals surface area contributed by atoms with Gasteiger partial charge in [-0.15, -0.1) is 0 Å². The number of halogens is 1. The lowest BCUT2D eigenvalue weighted by Gasteiger charge is -2.07. The van der Waals surface area contributed by atoms with E-state index in [4.69, 9.17) is 5.11 Å². The molecule has 0 atom stereocenters. The van der Waals surface area contributed by atoms with Crippen LogP contribution in [-0.2, 0) is 0 Å². The smallest absolute Gasteiger partial charge is 0.339 e. The Morgan fingerprint density at radius 2 is 2.25 bits per heavy atom. The summed E-state index contributed by atoms with van der Waals surface area (Å²) in [4.78, 5) is 19.2. The van der Waals surface area contributed by atoms with Crippen LogP contribution < -0.4 is 0 Å². The van der Waals surface area contributed by atoms with Gasteiger partial charge in [0.25, 0.3) is 0 Å². The van der Waals surface area contributed by atoms with E-state index >= 15 is 0 Å².